The van der Waals surface area contributed by atoms with Crippen LogP contribution in [0.25, 0.3) is 11.2 Å². The van der Waals surface area contributed by atoms with Crippen molar-refractivity contribution in [1.82, 2.24) is 24.4 Å². The predicted molar refractivity (Wildman–Crippen MR) is 202 cm³/mol. The maximum Gasteiger partial charge on any atom is 0.472 e. The summed E-state index contributed by atoms with van der Waals surface area (Å²) in [5.74, 6) is -1.70. The summed E-state index contributed by atoms with van der Waals surface area (Å²) in [6.07, 6.45) is -11.2. The van der Waals surface area contributed by atoms with Crippen LogP contribution in [0.3, 0.4) is 0 Å². The number of carbonyl (C=O) groups excluding carboxylic acids is 3. The third kappa shape index (κ3) is 8.60. The molecule has 10 atom stereocenters. The van der Waals surface area contributed by atoms with Gasteiger partial charge in [-0.3, -0.25) is 37.2 Å². The maximum absolute atomic E-state index is 16.5. The molecule has 318 valence electrons. The van der Waals surface area contributed by atoms with Crippen LogP contribution in [-0.4, -0.2) is 110 Å². The minimum Gasteiger partial charge on any atom is -0.496 e. The Hall–Kier alpha value is -4.67. The lowest BCUT2D eigenvalue weighted by Gasteiger charge is -2.28. The van der Waals surface area contributed by atoms with E-state index in [0.717, 1.165) is 23.5 Å². The largest absolute Gasteiger partial charge is 0.496 e. The lowest BCUT2D eigenvalue weighted by atomic mass is 10.1. The smallest absolute Gasteiger partial charge is 0.472 e. The Morgan fingerprint density at radius 1 is 0.967 bits per heavy atom. The lowest BCUT2D eigenvalue weighted by molar-refractivity contribution is -0.146. The van der Waals surface area contributed by atoms with Crippen molar-refractivity contribution in [2.24, 2.45) is 0 Å². The molecule has 1 unspecified atom stereocenters. The standard InChI is InChI=1S/C35H34F2N6O14P2S/c1-50-22-5-3-2-4-21(22)35(46)53-20-8-6-18(7-9-20)15-60-59(49)52-14-24-29(27(37)33(55-24)42-11-10-19(44)12-25(42)45)56-58(47,48)51-13-23-26(36)30(57-59)34(54-23)43-17-41-28-31(38)39-16-40-32(28)43/h2-11,16-17,23-24,26-27,29-30,33-34H,12-15H2,1H3,(H,47,48)(H2,38,39,40)/t23-,24-,26-,27-,29-,30-,33-,34-,59-/m1/s1. The van der Waals surface area contributed by atoms with Crippen molar-refractivity contribution in [2.45, 2.75) is 61.4 Å². The van der Waals surface area contributed by atoms with Gasteiger partial charge in [-0.2, -0.15) is 0 Å². The Bertz CT molecular complexity index is 2430. The average molecular weight is 895 g/mol. The number of ether oxygens (including phenoxy) is 4. The van der Waals surface area contributed by atoms with E-state index in [1.165, 1.54) is 36.2 Å². The van der Waals surface area contributed by atoms with Crippen molar-refractivity contribution in [2.75, 3.05) is 26.1 Å². The fraction of sp³-hybridized carbons (Fsp3) is 0.371. The van der Waals surface area contributed by atoms with Crippen LogP contribution in [0.15, 0.2) is 73.5 Å². The number of nitrogen functional groups attached to an aromatic ring is 1. The molecular formula is C35H34F2N6O14P2S. The van der Waals surface area contributed by atoms with Gasteiger partial charge in [-0.05, 0) is 47.3 Å². The first-order valence-electron chi connectivity index (χ1n) is 17.9. The van der Waals surface area contributed by atoms with Crippen LogP contribution >= 0.6 is 26.0 Å². The van der Waals surface area contributed by atoms with Gasteiger partial charge in [0.05, 0.1) is 33.1 Å². The second-order valence-corrected chi connectivity index (χ2v) is 18.9. The number of hydrogen-bond acceptors (Lipinski definition) is 18. The molecule has 4 aromatic rings. The van der Waals surface area contributed by atoms with E-state index in [4.69, 9.17) is 42.8 Å². The number of nitrogens with zero attached hydrogens (tertiary/aromatic N) is 5. The number of amides is 1. The Labute approximate surface area is 342 Å². The number of benzene rings is 2. The monoisotopic (exact) mass is 894 g/mol. The highest BCUT2D eigenvalue weighted by Gasteiger charge is 2.56. The van der Waals surface area contributed by atoms with Gasteiger partial charge in [0.2, 0.25) is 5.91 Å². The number of aromatic nitrogens is 4. The molecule has 2 aromatic heterocycles. The summed E-state index contributed by atoms with van der Waals surface area (Å²) in [5, 5.41) is 0. The van der Waals surface area contributed by atoms with Crippen molar-refractivity contribution >= 4 is 60.6 Å². The van der Waals surface area contributed by atoms with Crippen molar-refractivity contribution in [3.63, 3.8) is 0 Å². The molecule has 6 heterocycles. The van der Waals surface area contributed by atoms with Gasteiger partial charge in [0.1, 0.15) is 53.3 Å². The number of ketones is 1. The first-order valence-corrected chi connectivity index (χ1v) is 22.6. The maximum atomic E-state index is 16.5. The van der Waals surface area contributed by atoms with Crippen molar-refractivity contribution in [1.29, 1.82) is 0 Å². The number of carbonyl (C=O) groups is 3. The quantitative estimate of drug-likeness (QED) is 0.109. The van der Waals surface area contributed by atoms with Gasteiger partial charge < -0.3 is 29.6 Å². The fourth-order valence-electron chi connectivity index (χ4n) is 6.72. The SMILES string of the molecule is COc1ccccc1C(=O)Oc1ccc(CS[P@]2(=O)OC[C@H]3O[C@@H](N4C=CC(=O)CC4=O)[C@H](F)[C@@H]3OP(=O)(O)OC[C@H]3O[C@@H](n4cnc5c(N)ncnc54)[C@H](O2)[C@@H]3F)cc1. The Kier molecular flexibility index (Phi) is 11.9. The summed E-state index contributed by atoms with van der Waals surface area (Å²) in [7, 11) is -3.85. The third-order valence-corrected chi connectivity index (χ3v) is 14.3. The van der Waals surface area contributed by atoms with Crippen LogP contribution in [0.2, 0.25) is 0 Å². The van der Waals surface area contributed by atoms with Gasteiger partial charge >= 0.3 is 20.6 Å². The molecule has 2 bridgehead atoms. The number of phosphoric acid groups is 1. The van der Waals surface area contributed by atoms with E-state index in [1.807, 2.05) is 0 Å². The number of halogens is 2. The van der Waals surface area contributed by atoms with Crippen LogP contribution in [0.1, 0.15) is 28.6 Å². The summed E-state index contributed by atoms with van der Waals surface area (Å²) in [6, 6.07) is 12.6. The molecule has 8 rings (SSSR count). The van der Waals surface area contributed by atoms with E-state index < -0.39 is 101 Å². The van der Waals surface area contributed by atoms with Crippen LogP contribution in [0.5, 0.6) is 11.5 Å². The lowest BCUT2D eigenvalue weighted by Crippen LogP contribution is -2.44. The molecule has 1 amide bonds. The number of esters is 1. The topological polar surface area (TPSA) is 252 Å². The van der Waals surface area contributed by atoms with E-state index in [-0.39, 0.29) is 34.0 Å². The first kappa shape index (κ1) is 42.0. The highest BCUT2D eigenvalue weighted by Crippen LogP contribution is 2.65. The number of nitrogens with two attached hydrogens (primary N) is 1. The molecule has 3 saturated heterocycles. The van der Waals surface area contributed by atoms with Gasteiger partial charge in [-0.25, -0.2) is 37.7 Å². The summed E-state index contributed by atoms with van der Waals surface area (Å²) < 4.78 is 107. The number of anilines is 1. The number of methoxy groups -OCH3 is 1. The average Bonchev–Trinajstić information content (AvgIpc) is 3.89. The van der Waals surface area contributed by atoms with E-state index in [9.17, 15) is 28.4 Å². The van der Waals surface area contributed by atoms with Crippen molar-refractivity contribution in [3.8, 4) is 11.5 Å². The number of phosphoric ester groups is 1. The second kappa shape index (κ2) is 17.0. The molecule has 3 fully saturated rings. The zero-order valence-electron chi connectivity index (χ0n) is 31.0. The van der Waals surface area contributed by atoms with E-state index in [2.05, 4.69) is 15.0 Å². The number of rotatable bonds is 8. The summed E-state index contributed by atoms with van der Waals surface area (Å²) in [5.41, 5.74) is 6.86. The summed E-state index contributed by atoms with van der Waals surface area (Å²) in [4.78, 5) is 61.1. The summed E-state index contributed by atoms with van der Waals surface area (Å²) >= 11 is 0.595. The fourth-order valence-corrected chi connectivity index (χ4v) is 11.0. The van der Waals surface area contributed by atoms with Gasteiger partial charge in [0, 0.05) is 12.0 Å². The second-order valence-electron chi connectivity index (χ2n) is 13.5. The predicted octanol–water partition coefficient (Wildman–Crippen LogP) is 4.21. The Morgan fingerprint density at radius 3 is 2.48 bits per heavy atom. The van der Waals surface area contributed by atoms with E-state index in [0.29, 0.717) is 22.7 Å². The molecule has 4 aliphatic heterocycles. The number of para-hydroxylation sites is 1. The molecule has 3 N–H and O–H groups in total. The normalized spacial score (nSPS) is 32.2. The highest BCUT2D eigenvalue weighted by molar-refractivity contribution is 8.54. The molecule has 25 heteroatoms. The molecule has 0 spiro atoms. The van der Waals surface area contributed by atoms with E-state index >= 15 is 8.78 Å². The molecule has 0 radical (unpaired) electrons. The van der Waals surface area contributed by atoms with Gasteiger partial charge in [0.15, 0.2) is 42.0 Å². The highest BCUT2D eigenvalue weighted by atomic mass is 32.7. The number of hydrogen-bond donors (Lipinski definition) is 2. The number of allylic oxidation sites excluding steroid dienone is 1. The van der Waals surface area contributed by atoms with Gasteiger partial charge in [-0.1, -0.05) is 24.3 Å². The molecule has 0 saturated carbocycles. The third-order valence-electron chi connectivity index (χ3n) is 9.66. The van der Waals surface area contributed by atoms with Crippen molar-refractivity contribution in [3.05, 3.63) is 84.6 Å². The zero-order valence-corrected chi connectivity index (χ0v) is 33.6. The van der Waals surface area contributed by atoms with E-state index in [1.54, 1.807) is 30.3 Å². The number of imidazole rings is 1. The zero-order chi connectivity index (χ0) is 42.3. The Morgan fingerprint density at radius 2 is 1.72 bits per heavy atom. The van der Waals surface area contributed by atoms with Crippen LogP contribution in [-0.2, 0) is 52.0 Å². The number of alkyl halides is 2. The number of fused-ring (bicyclic) bond motifs is 4. The van der Waals surface area contributed by atoms with Crippen LogP contribution < -0.4 is 15.2 Å². The minimum atomic E-state index is -5.26. The molecule has 2 aromatic carbocycles. The molecule has 20 nitrogen and oxygen atoms in total. The van der Waals surface area contributed by atoms with Crippen molar-refractivity contribution < 1.29 is 74.2 Å². The molecule has 0 aliphatic carbocycles. The molecular weight excluding hydrogens is 860 g/mol. The summed E-state index contributed by atoms with van der Waals surface area (Å²) in [6.45, 7) is -6.46. The van der Waals surface area contributed by atoms with Gasteiger partial charge in [-0.15, -0.1) is 0 Å². The minimum absolute atomic E-state index is 0.0134. The molecule has 60 heavy (non-hydrogen) atoms. The Balaban J connectivity index is 1.09. The van der Waals surface area contributed by atoms with Gasteiger partial charge in [0.25, 0.3) is 0 Å². The first-order chi connectivity index (χ1) is 28.7. The molecule has 4 aliphatic rings. The van der Waals surface area contributed by atoms with Crippen LogP contribution in [0.4, 0.5) is 14.6 Å². The van der Waals surface area contributed by atoms with Crippen LogP contribution in [0, 0.1) is 0 Å².